The second-order valence-electron chi connectivity index (χ2n) is 6.64. The first-order chi connectivity index (χ1) is 11.3. The van der Waals surface area contributed by atoms with Crippen LogP contribution in [-0.2, 0) is 12.8 Å². The van der Waals surface area contributed by atoms with E-state index in [9.17, 15) is 4.39 Å². The molecule has 1 aliphatic carbocycles. The van der Waals surface area contributed by atoms with Gasteiger partial charge in [-0.25, -0.2) is 4.39 Å². The van der Waals surface area contributed by atoms with Crippen molar-refractivity contribution in [3.63, 3.8) is 0 Å². The van der Waals surface area contributed by atoms with Gasteiger partial charge in [0.05, 0.1) is 5.69 Å². The fourth-order valence-electron chi connectivity index (χ4n) is 4.03. The van der Waals surface area contributed by atoms with Crippen LogP contribution in [0.2, 0.25) is 0 Å². The Morgan fingerprint density at radius 3 is 2.30 bits per heavy atom. The summed E-state index contributed by atoms with van der Waals surface area (Å²) in [6, 6.07) is 16.6. The molecule has 2 aromatic rings. The third-order valence-electron chi connectivity index (χ3n) is 5.34. The van der Waals surface area contributed by atoms with E-state index in [1.54, 1.807) is 12.1 Å². The Kier molecular flexibility index (Phi) is 4.04. The Bertz CT molecular complexity index is 677. The zero-order chi connectivity index (χ0) is 15.6. The Hall–Kier alpha value is -1.87. The van der Waals surface area contributed by atoms with Crippen LogP contribution in [0.25, 0.3) is 0 Å². The highest BCUT2D eigenvalue weighted by molar-refractivity contribution is 5.48. The number of rotatable bonds is 2. The van der Waals surface area contributed by atoms with Crippen LogP contribution >= 0.6 is 0 Å². The van der Waals surface area contributed by atoms with Crippen LogP contribution in [0.4, 0.5) is 10.1 Å². The standard InChI is InChI=1S/C20H23FN2/c21-19-7-3-4-8-20(19)23-13-11-22(12-14-23)18-10-9-16-5-1-2-6-17(16)15-18/h1-8,18H,9-15H2/t18-/m1/s1. The second-order valence-corrected chi connectivity index (χ2v) is 6.64. The molecule has 1 atom stereocenters. The highest BCUT2D eigenvalue weighted by Crippen LogP contribution is 2.26. The number of para-hydroxylation sites is 1. The largest absolute Gasteiger partial charge is 0.367 e. The van der Waals surface area contributed by atoms with Crippen molar-refractivity contribution < 1.29 is 4.39 Å². The molecule has 2 nitrogen and oxygen atoms in total. The molecule has 0 unspecified atom stereocenters. The normalized spacial score (nSPS) is 22.0. The molecule has 0 bridgehead atoms. The fraction of sp³-hybridized carbons (Fsp3) is 0.400. The molecular weight excluding hydrogens is 287 g/mol. The number of hydrogen-bond acceptors (Lipinski definition) is 2. The molecule has 1 aliphatic heterocycles. The lowest BCUT2D eigenvalue weighted by molar-refractivity contribution is 0.169. The van der Waals surface area contributed by atoms with Crippen molar-refractivity contribution in [3.8, 4) is 0 Å². The van der Waals surface area contributed by atoms with Crippen LogP contribution in [0.1, 0.15) is 17.5 Å². The Morgan fingerprint density at radius 2 is 1.52 bits per heavy atom. The minimum absolute atomic E-state index is 0.104. The van der Waals surface area contributed by atoms with Gasteiger partial charge in [0.15, 0.2) is 0 Å². The Balaban J connectivity index is 1.40. The maximum Gasteiger partial charge on any atom is 0.146 e. The number of benzene rings is 2. The van der Waals surface area contributed by atoms with Gasteiger partial charge in [0.25, 0.3) is 0 Å². The smallest absolute Gasteiger partial charge is 0.146 e. The molecule has 0 N–H and O–H groups in total. The lowest BCUT2D eigenvalue weighted by atomic mass is 9.87. The molecule has 1 fully saturated rings. The fourth-order valence-corrected chi connectivity index (χ4v) is 4.03. The number of halogens is 1. The monoisotopic (exact) mass is 310 g/mol. The first-order valence-electron chi connectivity index (χ1n) is 8.61. The van der Waals surface area contributed by atoms with Gasteiger partial charge in [0.1, 0.15) is 5.82 Å². The van der Waals surface area contributed by atoms with Gasteiger partial charge >= 0.3 is 0 Å². The summed E-state index contributed by atoms with van der Waals surface area (Å²) in [6.07, 6.45) is 3.60. The van der Waals surface area contributed by atoms with Gasteiger partial charge in [0, 0.05) is 32.2 Å². The van der Waals surface area contributed by atoms with E-state index in [0.29, 0.717) is 6.04 Å². The van der Waals surface area contributed by atoms with E-state index in [4.69, 9.17) is 0 Å². The van der Waals surface area contributed by atoms with Crippen molar-refractivity contribution >= 4 is 5.69 Å². The van der Waals surface area contributed by atoms with E-state index >= 15 is 0 Å². The van der Waals surface area contributed by atoms with Crippen LogP contribution in [0, 0.1) is 5.82 Å². The third kappa shape index (κ3) is 2.98. The van der Waals surface area contributed by atoms with E-state index < -0.39 is 0 Å². The van der Waals surface area contributed by atoms with Crippen molar-refractivity contribution in [2.24, 2.45) is 0 Å². The van der Waals surface area contributed by atoms with Crippen LogP contribution in [0.15, 0.2) is 48.5 Å². The average molecular weight is 310 g/mol. The van der Waals surface area contributed by atoms with Crippen LogP contribution in [-0.4, -0.2) is 37.1 Å². The van der Waals surface area contributed by atoms with Crippen LogP contribution in [0.3, 0.4) is 0 Å². The summed E-state index contributed by atoms with van der Waals surface area (Å²) in [5, 5.41) is 0. The Morgan fingerprint density at radius 1 is 0.826 bits per heavy atom. The maximum atomic E-state index is 13.9. The van der Waals surface area contributed by atoms with Gasteiger partial charge in [-0.1, -0.05) is 36.4 Å². The zero-order valence-corrected chi connectivity index (χ0v) is 13.4. The molecule has 4 rings (SSSR count). The minimum atomic E-state index is -0.104. The summed E-state index contributed by atoms with van der Waals surface area (Å²) in [7, 11) is 0. The van der Waals surface area contributed by atoms with Crippen molar-refractivity contribution in [2.45, 2.75) is 25.3 Å². The van der Waals surface area contributed by atoms with Crippen molar-refractivity contribution in [1.82, 2.24) is 4.90 Å². The summed E-state index contributed by atoms with van der Waals surface area (Å²) in [5.41, 5.74) is 3.79. The minimum Gasteiger partial charge on any atom is -0.367 e. The lowest BCUT2D eigenvalue weighted by Gasteiger charge is -2.42. The van der Waals surface area contributed by atoms with Crippen molar-refractivity contribution in [3.05, 3.63) is 65.5 Å². The molecule has 0 amide bonds. The number of fused-ring (bicyclic) bond motifs is 1. The predicted molar refractivity (Wildman–Crippen MR) is 92.4 cm³/mol. The molecule has 0 radical (unpaired) electrons. The summed E-state index contributed by atoms with van der Waals surface area (Å²) < 4.78 is 13.9. The highest BCUT2D eigenvalue weighted by atomic mass is 19.1. The first-order valence-corrected chi connectivity index (χ1v) is 8.61. The zero-order valence-electron chi connectivity index (χ0n) is 13.4. The van der Waals surface area contributed by atoms with E-state index in [2.05, 4.69) is 34.1 Å². The third-order valence-corrected chi connectivity index (χ3v) is 5.34. The van der Waals surface area contributed by atoms with Gasteiger partial charge in [-0.3, -0.25) is 4.90 Å². The highest BCUT2D eigenvalue weighted by Gasteiger charge is 2.27. The van der Waals surface area contributed by atoms with Gasteiger partial charge in [0.2, 0.25) is 0 Å². The second kappa shape index (κ2) is 6.32. The molecule has 23 heavy (non-hydrogen) atoms. The SMILES string of the molecule is Fc1ccccc1N1CCN([C@@H]2CCc3ccccc3C2)CC1. The first kappa shape index (κ1) is 14.7. The topological polar surface area (TPSA) is 6.48 Å². The van der Waals surface area contributed by atoms with Gasteiger partial charge in [-0.05, 0) is 42.5 Å². The van der Waals surface area contributed by atoms with Crippen molar-refractivity contribution in [1.29, 1.82) is 0 Å². The summed E-state index contributed by atoms with van der Waals surface area (Å²) in [5.74, 6) is -0.104. The van der Waals surface area contributed by atoms with E-state index in [1.165, 1.54) is 24.0 Å². The quantitative estimate of drug-likeness (QED) is 0.837. The van der Waals surface area contributed by atoms with Gasteiger partial charge in [-0.15, -0.1) is 0 Å². The van der Waals surface area contributed by atoms with Gasteiger partial charge < -0.3 is 4.90 Å². The molecule has 1 heterocycles. The molecule has 2 aromatic carbocycles. The van der Waals surface area contributed by atoms with E-state index in [1.807, 2.05) is 12.1 Å². The number of piperazine rings is 1. The molecule has 0 saturated carbocycles. The Labute approximate surface area is 137 Å². The predicted octanol–water partition coefficient (Wildman–Crippen LogP) is 3.51. The van der Waals surface area contributed by atoms with Crippen molar-refractivity contribution in [2.75, 3.05) is 31.1 Å². The molecule has 0 aromatic heterocycles. The molecule has 120 valence electrons. The number of anilines is 1. The maximum absolute atomic E-state index is 13.9. The average Bonchev–Trinajstić information content (AvgIpc) is 2.62. The summed E-state index contributed by atoms with van der Waals surface area (Å²) >= 11 is 0. The number of nitrogens with zero attached hydrogens (tertiary/aromatic N) is 2. The lowest BCUT2D eigenvalue weighted by Crippen LogP contribution is -2.52. The number of aryl methyl sites for hydroxylation is 1. The van der Waals surface area contributed by atoms with Gasteiger partial charge in [-0.2, -0.15) is 0 Å². The summed E-state index contributed by atoms with van der Waals surface area (Å²) in [4.78, 5) is 4.79. The van der Waals surface area contributed by atoms with Crippen LogP contribution < -0.4 is 4.90 Å². The molecule has 0 spiro atoms. The molecule has 1 saturated heterocycles. The molecular formula is C20H23FN2. The molecule has 3 heteroatoms. The number of hydrogen-bond donors (Lipinski definition) is 0. The van der Waals surface area contributed by atoms with E-state index in [-0.39, 0.29) is 5.82 Å². The van der Waals surface area contributed by atoms with E-state index in [0.717, 1.165) is 38.3 Å². The van der Waals surface area contributed by atoms with Crippen LogP contribution in [0.5, 0.6) is 0 Å². The summed E-state index contributed by atoms with van der Waals surface area (Å²) in [6.45, 7) is 3.89. The molecule has 2 aliphatic rings.